The van der Waals surface area contributed by atoms with Crippen molar-refractivity contribution in [1.29, 1.82) is 0 Å². The molecule has 3 heterocycles. The van der Waals surface area contributed by atoms with Crippen molar-refractivity contribution in [1.82, 2.24) is 25.2 Å². The van der Waals surface area contributed by atoms with E-state index in [1.165, 1.54) is 18.6 Å². The first-order valence-corrected chi connectivity index (χ1v) is 7.97. The maximum absolute atomic E-state index is 12.4. The van der Waals surface area contributed by atoms with Gasteiger partial charge in [-0.3, -0.25) is 19.6 Å². The Bertz CT molecular complexity index is 693. The van der Waals surface area contributed by atoms with Crippen LogP contribution in [0, 0.1) is 5.92 Å². The molecule has 124 valence electrons. The summed E-state index contributed by atoms with van der Waals surface area (Å²) in [6.45, 7) is 1.44. The second-order valence-electron chi connectivity index (χ2n) is 5.72. The summed E-state index contributed by atoms with van der Waals surface area (Å²) in [5.74, 6) is -0.425. The quantitative estimate of drug-likeness (QED) is 0.907. The zero-order valence-corrected chi connectivity index (χ0v) is 13.3. The van der Waals surface area contributed by atoms with Crippen LogP contribution in [0.3, 0.4) is 0 Å². The molecule has 0 aliphatic carbocycles. The van der Waals surface area contributed by atoms with Gasteiger partial charge in [-0.25, -0.2) is 4.98 Å². The van der Waals surface area contributed by atoms with Gasteiger partial charge in [0, 0.05) is 31.7 Å². The largest absolute Gasteiger partial charge is 0.350 e. The average molecular weight is 325 g/mol. The summed E-state index contributed by atoms with van der Waals surface area (Å²) in [4.78, 5) is 38.6. The number of likely N-dealkylation sites (tertiary alicyclic amines) is 1. The lowest BCUT2D eigenvalue weighted by atomic mass is 9.97. The van der Waals surface area contributed by atoms with Crippen LogP contribution in [-0.4, -0.2) is 44.8 Å². The van der Waals surface area contributed by atoms with E-state index in [0.29, 0.717) is 25.3 Å². The maximum Gasteiger partial charge on any atom is 0.274 e. The Morgan fingerprint density at radius 3 is 2.88 bits per heavy atom. The third kappa shape index (κ3) is 3.92. The molecule has 0 aromatic carbocycles. The van der Waals surface area contributed by atoms with E-state index in [1.807, 2.05) is 18.2 Å². The van der Waals surface area contributed by atoms with Crippen LogP contribution in [-0.2, 0) is 11.3 Å². The Kier molecular flexibility index (Phi) is 5.10. The smallest absolute Gasteiger partial charge is 0.274 e. The lowest BCUT2D eigenvalue weighted by Crippen LogP contribution is -2.45. The first-order valence-electron chi connectivity index (χ1n) is 7.97. The van der Waals surface area contributed by atoms with Crippen molar-refractivity contribution in [2.75, 3.05) is 13.1 Å². The van der Waals surface area contributed by atoms with Gasteiger partial charge in [0.05, 0.1) is 24.4 Å². The van der Waals surface area contributed by atoms with Crippen molar-refractivity contribution in [3.05, 3.63) is 54.4 Å². The average Bonchev–Trinajstić information content (AvgIpc) is 2.67. The number of carbonyl (C=O) groups is 2. The van der Waals surface area contributed by atoms with Gasteiger partial charge in [-0.05, 0) is 25.0 Å². The van der Waals surface area contributed by atoms with E-state index in [4.69, 9.17) is 0 Å². The van der Waals surface area contributed by atoms with Crippen LogP contribution in [0.5, 0.6) is 0 Å². The summed E-state index contributed by atoms with van der Waals surface area (Å²) in [6, 6.07) is 5.59. The molecule has 0 radical (unpaired) electrons. The fraction of sp³-hybridized carbons (Fsp3) is 0.353. The molecular weight excluding hydrogens is 306 g/mol. The van der Waals surface area contributed by atoms with Crippen LogP contribution in [0.2, 0.25) is 0 Å². The number of rotatable bonds is 4. The minimum atomic E-state index is -0.205. The van der Waals surface area contributed by atoms with Gasteiger partial charge in [-0.1, -0.05) is 6.07 Å². The lowest BCUT2D eigenvalue weighted by molar-refractivity contribution is -0.126. The van der Waals surface area contributed by atoms with E-state index in [0.717, 1.165) is 18.5 Å². The fourth-order valence-electron chi connectivity index (χ4n) is 2.77. The highest BCUT2D eigenvalue weighted by atomic mass is 16.2. The third-order valence-corrected chi connectivity index (χ3v) is 4.03. The molecule has 3 rings (SSSR count). The molecule has 1 fully saturated rings. The predicted molar refractivity (Wildman–Crippen MR) is 86.7 cm³/mol. The first-order chi connectivity index (χ1) is 11.7. The van der Waals surface area contributed by atoms with Gasteiger partial charge >= 0.3 is 0 Å². The van der Waals surface area contributed by atoms with Gasteiger partial charge in [0.2, 0.25) is 5.91 Å². The molecule has 2 aromatic rings. The summed E-state index contributed by atoms with van der Waals surface area (Å²) in [6.07, 6.45) is 7.75. The molecule has 1 aliphatic rings. The second-order valence-corrected chi connectivity index (χ2v) is 5.72. The highest BCUT2D eigenvalue weighted by Crippen LogP contribution is 2.18. The number of amides is 2. The number of piperidine rings is 1. The Balaban J connectivity index is 1.57. The Morgan fingerprint density at radius 2 is 2.12 bits per heavy atom. The molecule has 1 N–H and O–H groups in total. The zero-order chi connectivity index (χ0) is 16.8. The summed E-state index contributed by atoms with van der Waals surface area (Å²) in [5.41, 5.74) is 1.13. The fourth-order valence-corrected chi connectivity index (χ4v) is 2.77. The predicted octanol–water partition coefficient (Wildman–Crippen LogP) is 1.04. The van der Waals surface area contributed by atoms with Gasteiger partial charge in [0.1, 0.15) is 5.69 Å². The number of pyridine rings is 1. The normalized spacial score (nSPS) is 17.3. The molecule has 2 aromatic heterocycles. The van der Waals surface area contributed by atoms with Gasteiger partial charge in [0.25, 0.3) is 5.91 Å². The highest BCUT2D eigenvalue weighted by molar-refractivity contribution is 5.92. The van der Waals surface area contributed by atoms with Crippen LogP contribution >= 0.6 is 0 Å². The van der Waals surface area contributed by atoms with E-state index < -0.39 is 0 Å². The molecule has 7 heteroatoms. The molecule has 0 spiro atoms. The summed E-state index contributed by atoms with van der Waals surface area (Å²) in [5, 5.41) is 2.90. The van der Waals surface area contributed by atoms with Crippen LogP contribution in [0.15, 0.2) is 43.0 Å². The zero-order valence-electron chi connectivity index (χ0n) is 13.3. The van der Waals surface area contributed by atoms with Crippen molar-refractivity contribution >= 4 is 11.8 Å². The molecule has 1 unspecified atom stereocenters. The Morgan fingerprint density at radius 1 is 1.21 bits per heavy atom. The second kappa shape index (κ2) is 7.63. The minimum absolute atomic E-state index is 0.0442. The van der Waals surface area contributed by atoms with Crippen molar-refractivity contribution < 1.29 is 9.59 Å². The van der Waals surface area contributed by atoms with Gasteiger partial charge in [0.15, 0.2) is 0 Å². The molecule has 1 atom stereocenters. The van der Waals surface area contributed by atoms with Gasteiger partial charge < -0.3 is 10.2 Å². The maximum atomic E-state index is 12.4. The number of carbonyl (C=O) groups excluding carboxylic acids is 2. The number of hydrogen-bond acceptors (Lipinski definition) is 5. The molecule has 0 saturated carbocycles. The Labute approximate surface area is 140 Å². The van der Waals surface area contributed by atoms with Crippen molar-refractivity contribution in [2.24, 2.45) is 5.92 Å². The van der Waals surface area contributed by atoms with Gasteiger partial charge in [-0.15, -0.1) is 0 Å². The summed E-state index contributed by atoms with van der Waals surface area (Å²) < 4.78 is 0. The lowest BCUT2D eigenvalue weighted by Gasteiger charge is -2.31. The molecular formula is C17H19N5O2. The number of nitrogens with one attached hydrogen (secondary N) is 1. The number of hydrogen-bond donors (Lipinski definition) is 1. The van der Waals surface area contributed by atoms with Gasteiger partial charge in [-0.2, -0.15) is 0 Å². The molecule has 24 heavy (non-hydrogen) atoms. The number of nitrogens with zero attached hydrogens (tertiary/aromatic N) is 4. The molecule has 0 bridgehead atoms. The molecule has 7 nitrogen and oxygen atoms in total. The standard InChI is InChI=1S/C17H19N5O2/c23-16(21-10-14-5-1-2-6-19-14)13-4-3-9-22(12-13)17(24)15-11-18-7-8-20-15/h1-2,5-8,11,13H,3-4,9-10,12H2,(H,21,23). The highest BCUT2D eigenvalue weighted by Gasteiger charge is 2.29. The minimum Gasteiger partial charge on any atom is -0.350 e. The van der Waals surface area contributed by atoms with E-state index in [1.54, 1.807) is 11.1 Å². The third-order valence-electron chi connectivity index (χ3n) is 4.03. The van der Waals surface area contributed by atoms with E-state index in [2.05, 4.69) is 20.3 Å². The van der Waals surface area contributed by atoms with Crippen molar-refractivity contribution in [2.45, 2.75) is 19.4 Å². The van der Waals surface area contributed by atoms with E-state index >= 15 is 0 Å². The van der Waals surface area contributed by atoms with E-state index in [9.17, 15) is 9.59 Å². The number of aromatic nitrogens is 3. The summed E-state index contributed by atoms with van der Waals surface area (Å²) >= 11 is 0. The monoisotopic (exact) mass is 325 g/mol. The topological polar surface area (TPSA) is 88.1 Å². The Hall–Kier alpha value is -2.83. The van der Waals surface area contributed by atoms with E-state index in [-0.39, 0.29) is 17.7 Å². The van der Waals surface area contributed by atoms with Crippen LogP contribution < -0.4 is 5.32 Å². The van der Waals surface area contributed by atoms with Crippen molar-refractivity contribution in [3.63, 3.8) is 0 Å². The molecule has 2 amide bonds. The van der Waals surface area contributed by atoms with Crippen LogP contribution in [0.1, 0.15) is 29.0 Å². The van der Waals surface area contributed by atoms with Crippen molar-refractivity contribution in [3.8, 4) is 0 Å². The van der Waals surface area contributed by atoms with Crippen LogP contribution in [0.4, 0.5) is 0 Å². The molecule has 1 aliphatic heterocycles. The summed E-state index contributed by atoms with van der Waals surface area (Å²) in [7, 11) is 0. The van der Waals surface area contributed by atoms with Crippen LogP contribution in [0.25, 0.3) is 0 Å². The molecule has 1 saturated heterocycles. The SMILES string of the molecule is O=C(NCc1ccccn1)C1CCCN(C(=O)c2cnccn2)C1. The first kappa shape index (κ1) is 16.0.